The standard InChI is InChI=1S/C20H13Cl2F3N8/c21-12-2-3-13(14(22)7-12)15-8-17-31-18(20(23,24)25)32-33(17)19(30-15)28-6-5-27-16-4-1-11(9-26)10-29-16/h1-4,7-8,10H,5-6H2,(H,27,29)(H,28,30). The number of hydrogen-bond donors (Lipinski definition) is 2. The van der Waals surface area contributed by atoms with Crippen molar-refractivity contribution in [3.63, 3.8) is 0 Å². The third kappa shape index (κ3) is 5.08. The zero-order valence-electron chi connectivity index (χ0n) is 16.5. The van der Waals surface area contributed by atoms with E-state index in [2.05, 4.69) is 30.7 Å². The highest BCUT2D eigenvalue weighted by atomic mass is 35.5. The number of fused-ring (bicyclic) bond motifs is 1. The minimum absolute atomic E-state index is 0.0473. The van der Waals surface area contributed by atoms with Crippen LogP contribution in [0.25, 0.3) is 16.9 Å². The Morgan fingerprint density at radius 1 is 1.03 bits per heavy atom. The highest BCUT2D eigenvalue weighted by molar-refractivity contribution is 6.36. The Morgan fingerprint density at radius 2 is 1.82 bits per heavy atom. The topological polar surface area (TPSA) is 104 Å². The number of halogens is 5. The van der Waals surface area contributed by atoms with Gasteiger partial charge in [-0.1, -0.05) is 23.2 Å². The lowest BCUT2D eigenvalue weighted by atomic mass is 10.1. The van der Waals surface area contributed by atoms with Gasteiger partial charge in [0.2, 0.25) is 5.95 Å². The number of aromatic nitrogens is 5. The Kier molecular flexibility index (Phi) is 6.22. The van der Waals surface area contributed by atoms with Gasteiger partial charge in [0.25, 0.3) is 5.82 Å². The molecule has 0 aliphatic carbocycles. The largest absolute Gasteiger partial charge is 0.453 e. The molecule has 2 N–H and O–H groups in total. The summed E-state index contributed by atoms with van der Waals surface area (Å²) in [7, 11) is 0. The molecule has 0 aliphatic heterocycles. The number of anilines is 2. The van der Waals surface area contributed by atoms with Gasteiger partial charge in [-0.2, -0.15) is 22.9 Å². The van der Waals surface area contributed by atoms with E-state index >= 15 is 0 Å². The average molecular weight is 493 g/mol. The monoisotopic (exact) mass is 492 g/mol. The molecule has 13 heteroatoms. The summed E-state index contributed by atoms with van der Waals surface area (Å²) in [5.74, 6) is -0.701. The van der Waals surface area contributed by atoms with Crippen molar-refractivity contribution in [2.45, 2.75) is 6.18 Å². The maximum absolute atomic E-state index is 13.2. The maximum Gasteiger partial charge on any atom is 0.453 e. The van der Waals surface area contributed by atoms with Crippen molar-refractivity contribution in [3.05, 3.63) is 64.0 Å². The Bertz CT molecular complexity index is 1350. The first-order chi connectivity index (χ1) is 15.7. The van der Waals surface area contributed by atoms with Crippen LogP contribution in [0.1, 0.15) is 11.4 Å². The number of rotatable bonds is 6. The van der Waals surface area contributed by atoms with Gasteiger partial charge in [0.1, 0.15) is 11.9 Å². The van der Waals surface area contributed by atoms with Crippen LogP contribution in [0.5, 0.6) is 0 Å². The summed E-state index contributed by atoms with van der Waals surface area (Å²) in [6, 6.07) is 11.3. The fourth-order valence-electron chi connectivity index (χ4n) is 2.89. The average Bonchev–Trinajstić information content (AvgIpc) is 3.22. The van der Waals surface area contributed by atoms with E-state index in [1.165, 1.54) is 18.3 Å². The van der Waals surface area contributed by atoms with Gasteiger partial charge in [0.05, 0.1) is 16.3 Å². The molecular weight excluding hydrogens is 480 g/mol. The van der Waals surface area contributed by atoms with Crippen LogP contribution in [0.2, 0.25) is 10.0 Å². The van der Waals surface area contributed by atoms with Crippen molar-refractivity contribution in [3.8, 4) is 17.3 Å². The first-order valence-electron chi connectivity index (χ1n) is 9.39. The van der Waals surface area contributed by atoms with Crippen LogP contribution in [0, 0.1) is 11.3 Å². The van der Waals surface area contributed by atoms with Crippen LogP contribution in [-0.4, -0.2) is 37.7 Å². The lowest BCUT2D eigenvalue weighted by Crippen LogP contribution is -2.17. The summed E-state index contributed by atoms with van der Waals surface area (Å²) >= 11 is 12.2. The summed E-state index contributed by atoms with van der Waals surface area (Å²) in [5, 5.41) is 19.1. The minimum atomic E-state index is -4.72. The lowest BCUT2D eigenvalue weighted by Gasteiger charge is -2.11. The molecule has 0 unspecified atom stereocenters. The fraction of sp³-hybridized carbons (Fsp3) is 0.150. The normalized spacial score (nSPS) is 11.4. The third-order valence-electron chi connectivity index (χ3n) is 4.39. The molecule has 1 aromatic carbocycles. The number of benzene rings is 1. The molecular formula is C20H13Cl2F3N8. The molecule has 0 spiro atoms. The lowest BCUT2D eigenvalue weighted by molar-refractivity contribution is -0.144. The summed E-state index contributed by atoms with van der Waals surface area (Å²) in [6.07, 6.45) is -3.29. The van der Waals surface area contributed by atoms with Crippen LogP contribution in [0.15, 0.2) is 42.6 Å². The van der Waals surface area contributed by atoms with Gasteiger partial charge in [-0.25, -0.2) is 15.0 Å². The van der Waals surface area contributed by atoms with Gasteiger partial charge in [0.15, 0.2) is 5.65 Å². The van der Waals surface area contributed by atoms with Gasteiger partial charge in [-0.05, 0) is 30.3 Å². The third-order valence-corrected chi connectivity index (χ3v) is 4.94. The second-order valence-electron chi connectivity index (χ2n) is 6.69. The second kappa shape index (κ2) is 9.09. The smallest absolute Gasteiger partial charge is 0.368 e. The molecule has 0 radical (unpaired) electrons. The predicted octanol–water partition coefficient (Wildman–Crippen LogP) is 4.91. The van der Waals surface area contributed by atoms with E-state index in [9.17, 15) is 13.2 Å². The Hall–Kier alpha value is -3.62. The molecule has 0 bridgehead atoms. The molecule has 3 aromatic heterocycles. The minimum Gasteiger partial charge on any atom is -0.368 e. The van der Waals surface area contributed by atoms with E-state index in [0.717, 1.165) is 4.52 Å². The molecule has 4 rings (SSSR count). The van der Waals surface area contributed by atoms with Crippen LogP contribution in [0.4, 0.5) is 24.9 Å². The summed E-state index contributed by atoms with van der Waals surface area (Å²) in [4.78, 5) is 12.1. The Labute approximate surface area is 195 Å². The van der Waals surface area contributed by atoms with Crippen LogP contribution < -0.4 is 10.6 Å². The van der Waals surface area contributed by atoms with E-state index in [0.29, 0.717) is 34.2 Å². The molecule has 0 amide bonds. The van der Waals surface area contributed by atoms with Crippen molar-refractivity contribution in [1.29, 1.82) is 5.26 Å². The van der Waals surface area contributed by atoms with Crippen molar-refractivity contribution in [2.24, 2.45) is 0 Å². The quantitative estimate of drug-likeness (QED) is 0.368. The van der Waals surface area contributed by atoms with Gasteiger partial charge in [-0.3, -0.25) is 0 Å². The SMILES string of the molecule is N#Cc1ccc(NCCNc2nc(-c3ccc(Cl)cc3Cl)cc3nc(C(F)(F)F)nn23)nc1. The second-order valence-corrected chi connectivity index (χ2v) is 7.53. The number of pyridine rings is 1. The highest BCUT2D eigenvalue weighted by Crippen LogP contribution is 2.32. The van der Waals surface area contributed by atoms with Crippen LogP contribution in [0.3, 0.4) is 0 Å². The van der Waals surface area contributed by atoms with Gasteiger partial charge in [0, 0.05) is 35.9 Å². The number of hydrogen-bond acceptors (Lipinski definition) is 7. The first kappa shape index (κ1) is 22.6. The van der Waals surface area contributed by atoms with E-state index < -0.39 is 12.0 Å². The summed E-state index contributed by atoms with van der Waals surface area (Å²) in [6.45, 7) is 0.623. The Balaban J connectivity index is 1.61. The van der Waals surface area contributed by atoms with E-state index in [1.54, 1.807) is 24.3 Å². The molecule has 8 nitrogen and oxygen atoms in total. The molecule has 0 saturated carbocycles. The predicted molar refractivity (Wildman–Crippen MR) is 117 cm³/mol. The van der Waals surface area contributed by atoms with Crippen molar-refractivity contribution < 1.29 is 13.2 Å². The van der Waals surface area contributed by atoms with E-state index in [4.69, 9.17) is 28.5 Å². The number of nitriles is 1. The number of nitrogens with one attached hydrogen (secondary N) is 2. The van der Waals surface area contributed by atoms with Crippen LogP contribution in [-0.2, 0) is 6.18 Å². The molecule has 0 saturated heterocycles. The summed E-state index contributed by atoms with van der Waals surface area (Å²) in [5.41, 5.74) is 1.15. The molecule has 0 fully saturated rings. The fourth-order valence-corrected chi connectivity index (χ4v) is 3.39. The molecule has 4 aromatic rings. The van der Waals surface area contributed by atoms with E-state index in [-0.39, 0.29) is 23.2 Å². The van der Waals surface area contributed by atoms with Gasteiger partial charge in [-0.15, -0.1) is 5.10 Å². The van der Waals surface area contributed by atoms with Crippen molar-refractivity contribution >= 4 is 40.6 Å². The van der Waals surface area contributed by atoms with Crippen LogP contribution >= 0.6 is 23.2 Å². The zero-order valence-corrected chi connectivity index (χ0v) is 18.0. The van der Waals surface area contributed by atoms with Crippen molar-refractivity contribution in [2.75, 3.05) is 23.7 Å². The molecule has 33 heavy (non-hydrogen) atoms. The highest BCUT2D eigenvalue weighted by Gasteiger charge is 2.36. The first-order valence-corrected chi connectivity index (χ1v) is 10.1. The molecule has 0 atom stereocenters. The van der Waals surface area contributed by atoms with Gasteiger partial charge >= 0.3 is 6.18 Å². The molecule has 0 aliphatic rings. The molecule has 3 heterocycles. The van der Waals surface area contributed by atoms with E-state index in [1.807, 2.05) is 6.07 Å². The molecule has 168 valence electrons. The van der Waals surface area contributed by atoms with Crippen molar-refractivity contribution in [1.82, 2.24) is 24.6 Å². The zero-order chi connectivity index (χ0) is 23.6. The Morgan fingerprint density at radius 3 is 2.48 bits per heavy atom. The summed E-state index contributed by atoms with van der Waals surface area (Å²) < 4.78 is 40.5. The number of alkyl halides is 3. The maximum atomic E-state index is 13.2. The van der Waals surface area contributed by atoms with Gasteiger partial charge < -0.3 is 10.6 Å². The number of nitrogens with zero attached hydrogens (tertiary/aromatic N) is 6.